The van der Waals surface area contributed by atoms with Crippen molar-refractivity contribution in [3.8, 4) is 11.8 Å². The molecule has 17 heteroatoms. The number of ether oxygens (including phenoxy) is 3. The minimum atomic E-state index is -4.87. The van der Waals surface area contributed by atoms with Crippen molar-refractivity contribution >= 4 is 44.4 Å². The highest BCUT2D eigenvalue weighted by molar-refractivity contribution is 7.90. The second kappa shape index (κ2) is 15.6. The van der Waals surface area contributed by atoms with E-state index in [1.807, 2.05) is 19.1 Å². The molecule has 2 aliphatic carbocycles. The zero-order valence-electron chi connectivity index (χ0n) is 32.1. The number of hydrogen-bond acceptors (Lipinski definition) is 11. The lowest BCUT2D eigenvalue weighted by molar-refractivity contribution is -0.257. The predicted molar refractivity (Wildman–Crippen MR) is 197 cm³/mol. The number of halogens is 3. The van der Waals surface area contributed by atoms with E-state index >= 15 is 0 Å². The number of benzene rings is 1. The van der Waals surface area contributed by atoms with Crippen LogP contribution in [-0.4, -0.2) is 89.9 Å². The van der Waals surface area contributed by atoms with Crippen molar-refractivity contribution in [2.75, 3.05) is 13.7 Å². The van der Waals surface area contributed by atoms with E-state index in [2.05, 4.69) is 14.9 Å². The smallest absolute Gasteiger partial charge is 0.427 e. The molecule has 2 saturated carbocycles. The molecule has 2 aromatic rings. The van der Waals surface area contributed by atoms with Gasteiger partial charge in [0.1, 0.15) is 6.10 Å². The van der Waals surface area contributed by atoms with Crippen molar-refractivity contribution < 1.29 is 55.0 Å². The standard InChI is InChI=1S/C39H49F3N4O9S/c1-22-10-6-7-11-24-19-38(24,36(50)45-56(51,52)26-14-15-26)20-31(47)30-17-25(54-34-28-13-9-8-12-27(28)33(53-5)43-44-34)21-46(30)35(49)29(23(2)16-22)18-32(48)55-37(3,4)39(40,41)42/h7-9,11-13,22-26,29-30H,6,10,14-21H2,1-5H3,(H,45,50)/b11-7-/t22-,23+,24+,25+,29-,30-,38+/m0/s1. The topological polar surface area (TPSA) is 171 Å². The number of methoxy groups -OCH3 is 1. The van der Waals surface area contributed by atoms with Crippen molar-refractivity contribution in [2.45, 2.75) is 115 Å². The maximum atomic E-state index is 14.8. The number of hydrogen-bond donors (Lipinski definition) is 1. The maximum absolute atomic E-state index is 14.8. The number of Topliss-reactive ketones (excluding diaryl/α,β-unsaturated/α-hetero) is 1. The van der Waals surface area contributed by atoms with Gasteiger partial charge in [-0.2, -0.15) is 13.2 Å². The van der Waals surface area contributed by atoms with Crippen LogP contribution in [0.1, 0.15) is 85.5 Å². The van der Waals surface area contributed by atoms with Crippen molar-refractivity contribution in [3.63, 3.8) is 0 Å². The number of aromatic nitrogens is 2. The molecule has 1 aromatic heterocycles. The first-order valence-corrected chi connectivity index (χ1v) is 20.6. The number of amides is 2. The van der Waals surface area contributed by atoms with Crippen molar-refractivity contribution in [3.05, 3.63) is 36.4 Å². The molecule has 0 spiro atoms. The zero-order valence-corrected chi connectivity index (χ0v) is 33.0. The molecule has 2 amide bonds. The summed E-state index contributed by atoms with van der Waals surface area (Å²) < 4.78 is 85.8. The van der Waals surface area contributed by atoms with Gasteiger partial charge in [-0.1, -0.05) is 38.1 Å². The summed E-state index contributed by atoms with van der Waals surface area (Å²) in [6.07, 6.45) is -0.245. The summed E-state index contributed by atoms with van der Waals surface area (Å²) in [6, 6.07) is 5.88. The highest BCUT2D eigenvalue weighted by Crippen LogP contribution is 2.57. The Kier molecular flexibility index (Phi) is 11.5. The van der Waals surface area contributed by atoms with Gasteiger partial charge < -0.3 is 19.1 Å². The van der Waals surface area contributed by atoms with Gasteiger partial charge in [-0.3, -0.25) is 23.9 Å². The van der Waals surface area contributed by atoms with Crippen LogP contribution < -0.4 is 14.2 Å². The van der Waals surface area contributed by atoms with E-state index < -0.39 is 92.4 Å². The Morgan fingerprint density at radius 3 is 2.32 bits per heavy atom. The lowest BCUT2D eigenvalue weighted by atomic mass is 9.82. The van der Waals surface area contributed by atoms with E-state index in [-0.39, 0.29) is 43.5 Å². The van der Waals surface area contributed by atoms with E-state index in [0.717, 1.165) is 13.8 Å². The molecule has 306 valence electrons. The molecule has 13 nitrogen and oxygen atoms in total. The van der Waals surface area contributed by atoms with Crippen LogP contribution in [0.5, 0.6) is 11.8 Å². The molecule has 0 bridgehead atoms. The zero-order chi connectivity index (χ0) is 40.8. The lowest BCUT2D eigenvalue weighted by Gasteiger charge is -2.33. The summed E-state index contributed by atoms with van der Waals surface area (Å²) in [4.78, 5) is 57.6. The number of ketones is 1. The fourth-order valence-electron chi connectivity index (χ4n) is 8.00. The minimum absolute atomic E-state index is 0.0164. The van der Waals surface area contributed by atoms with Gasteiger partial charge in [0.25, 0.3) is 0 Å². The summed E-state index contributed by atoms with van der Waals surface area (Å²) >= 11 is 0. The second-order valence-corrected chi connectivity index (χ2v) is 18.4. The quantitative estimate of drug-likeness (QED) is 0.252. The molecule has 2 aliphatic heterocycles. The lowest BCUT2D eigenvalue weighted by Crippen LogP contribution is -2.48. The highest BCUT2D eigenvalue weighted by Gasteiger charge is 2.62. The molecule has 7 atom stereocenters. The number of fused-ring (bicyclic) bond motifs is 3. The average molecular weight is 807 g/mol. The third-order valence-corrected chi connectivity index (χ3v) is 13.5. The first-order chi connectivity index (χ1) is 26.3. The molecule has 6 rings (SSSR count). The van der Waals surface area contributed by atoms with Crippen molar-refractivity contribution in [1.82, 2.24) is 19.8 Å². The number of carbonyl (C=O) groups excluding carboxylic acids is 4. The first kappa shape index (κ1) is 41.4. The Balaban J connectivity index is 1.35. The molecule has 0 unspecified atom stereocenters. The average Bonchev–Trinajstić information content (AvgIpc) is 4.05. The third-order valence-electron chi connectivity index (χ3n) is 11.7. The van der Waals surface area contributed by atoms with Crippen molar-refractivity contribution in [1.29, 1.82) is 0 Å². The van der Waals surface area contributed by atoms with Crippen LogP contribution in [0.3, 0.4) is 0 Å². The third kappa shape index (κ3) is 8.66. The molecule has 56 heavy (non-hydrogen) atoms. The maximum Gasteiger partial charge on any atom is 0.427 e. The Hall–Kier alpha value is -4.28. The van der Waals surface area contributed by atoms with Gasteiger partial charge in [0.15, 0.2) is 5.78 Å². The highest BCUT2D eigenvalue weighted by atomic mass is 32.2. The van der Waals surface area contributed by atoms with Crippen LogP contribution in [0.4, 0.5) is 13.2 Å². The van der Waals surface area contributed by atoms with Crippen LogP contribution >= 0.6 is 0 Å². The largest absolute Gasteiger partial charge is 0.479 e. The van der Waals surface area contributed by atoms with Gasteiger partial charge in [-0.25, -0.2) is 8.42 Å². The molecule has 3 fully saturated rings. The molecule has 1 saturated heterocycles. The number of allylic oxidation sites excluding steroid dienone is 2. The number of rotatable bonds is 9. The fraction of sp³-hybridized carbons (Fsp3) is 0.641. The Bertz CT molecular complexity index is 2000. The number of esters is 1. The van der Waals surface area contributed by atoms with Crippen LogP contribution in [0.15, 0.2) is 36.4 Å². The minimum Gasteiger partial charge on any atom is -0.479 e. The van der Waals surface area contributed by atoms with E-state index in [0.29, 0.717) is 42.9 Å². The van der Waals surface area contributed by atoms with E-state index in [9.17, 15) is 40.8 Å². The van der Waals surface area contributed by atoms with E-state index in [4.69, 9.17) is 14.2 Å². The van der Waals surface area contributed by atoms with Crippen LogP contribution in [0.25, 0.3) is 10.8 Å². The molecule has 3 heterocycles. The number of sulfonamides is 1. The summed E-state index contributed by atoms with van der Waals surface area (Å²) in [6.45, 7) is 5.04. The van der Waals surface area contributed by atoms with Gasteiger partial charge in [0.05, 0.1) is 53.5 Å². The number of nitrogens with zero attached hydrogens (tertiary/aromatic N) is 3. The number of nitrogens with one attached hydrogen (secondary N) is 1. The SMILES string of the molecule is COc1nnc(O[C@@H]2C[C@H]3C(=O)C[C@]4(C(=O)NS(=O)(=O)C5CC5)C[C@H]4/C=C\CC[C@H](C)C[C@@H](C)[C@H](CC(=O)OC(C)(C)C(F)(F)F)C(=O)N3C2)c2ccccc12. The Labute approximate surface area is 324 Å². The van der Waals surface area contributed by atoms with Gasteiger partial charge in [-0.15, -0.1) is 10.2 Å². The van der Waals surface area contributed by atoms with E-state index in [1.54, 1.807) is 31.2 Å². The summed E-state index contributed by atoms with van der Waals surface area (Å²) in [7, 11) is -2.49. The Morgan fingerprint density at radius 2 is 1.68 bits per heavy atom. The number of alkyl halides is 3. The van der Waals surface area contributed by atoms with E-state index in [1.165, 1.54) is 12.0 Å². The Morgan fingerprint density at radius 1 is 1.02 bits per heavy atom. The summed E-state index contributed by atoms with van der Waals surface area (Å²) in [5.41, 5.74) is -4.18. The molecular formula is C39H49F3N4O9S. The van der Waals surface area contributed by atoms with Gasteiger partial charge in [0, 0.05) is 12.8 Å². The first-order valence-electron chi connectivity index (χ1n) is 19.1. The molecule has 1 aromatic carbocycles. The van der Waals surface area contributed by atoms with Crippen LogP contribution in [0, 0.1) is 29.1 Å². The van der Waals surface area contributed by atoms with Crippen LogP contribution in [-0.2, 0) is 33.9 Å². The monoisotopic (exact) mass is 806 g/mol. The van der Waals surface area contributed by atoms with Crippen LogP contribution in [0.2, 0.25) is 0 Å². The fourth-order valence-corrected chi connectivity index (χ4v) is 9.39. The molecule has 4 aliphatic rings. The van der Waals surface area contributed by atoms with Gasteiger partial charge >= 0.3 is 12.1 Å². The van der Waals surface area contributed by atoms with Gasteiger partial charge in [-0.05, 0) is 82.3 Å². The normalized spacial score (nSPS) is 29.7. The summed E-state index contributed by atoms with van der Waals surface area (Å²) in [5.74, 6) is -4.86. The molecule has 0 radical (unpaired) electrons. The van der Waals surface area contributed by atoms with Gasteiger partial charge in [0.2, 0.25) is 39.2 Å². The molecule has 1 N–H and O–H groups in total. The second-order valence-electron chi connectivity index (χ2n) is 16.4. The molecular weight excluding hydrogens is 758 g/mol. The summed E-state index contributed by atoms with van der Waals surface area (Å²) in [5, 5.41) is 8.80. The van der Waals surface area contributed by atoms with Crippen molar-refractivity contribution in [2.24, 2.45) is 29.1 Å². The predicted octanol–water partition coefficient (Wildman–Crippen LogP) is 5.46. The number of carbonyl (C=O) groups is 4.